The number of amides is 1. The summed E-state index contributed by atoms with van der Waals surface area (Å²) >= 11 is 0. The topological polar surface area (TPSA) is 41.1 Å². The number of nitrogens with one attached hydrogen (secondary N) is 2. The van der Waals surface area contributed by atoms with E-state index in [1.165, 1.54) is 0 Å². The van der Waals surface area contributed by atoms with Crippen LogP contribution in [-0.2, 0) is 4.79 Å². The lowest BCUT2D eigenvalue weighted by Gasteiger charge is -2.29. The van der Waals surface area contributed by atoms with Crippen LogP contribution in [0, 0.1) is 11.7 Å². The van der Waals surface area contributed by atoms with E-state index in [0.717, 1.165) is 24.3 Å². The Labute approximate surface area is 158 Å². The first-order chi connectivity index (χ1) is 13.0. The molecule has 2 saturated carbocycles. The molecule has 156 valence electrons. The molecule has 28 heavy (non-hydrogen) atoms. The van der Waals surface area contributed by atoms with Gasteiger partial charge in [0.2, 0.25) is 11.8 Å². The smallest absolute Gasteiger partial charge is 0.352 e. The zero-order valence-electron chi connectivity index (χ0n) is 15.0. The lowest BCUT2D eigenvalue weighted by molar-refractivity contribution is -0.163. The molecule has 9 heteroatoms. The molecule has 1 amide bonds. The van der Waals surface area contributed by atoms with Gasteiger partial charge in [0.05, 0.1) is 6.04 Å². The minimum absolute atomic E-state index is 0.141. The molecule has 1 aromatic carbocycles. The van der Waals surface area contributed by atoms with E-state index in [-0.39, 0.29) is 17.5 Å². The average molecular weight is 408 g/mol. The maximum absolute atomic E-state index is 14.3. The van der Waals surface area contributed by atoms with Crippen molar-refractivity contribution in [2.24, 2.45) is 5.92 Å². The van der Waals surface area contributed by atoms with Gasteiger partial charge in [-0.1, -0.05) is 12.1 Å². The monoisotopic (exact) mass is 408 g/mol. The molecule has 1 aromatic rings. The molecule has 0 bridgehead atoms. The molecule has 2 atom stereocenters. The molecule has 0 spiro atoms. The largest absolute Gasteiger partial charge is 0.407 e. The van der Waals surface area contributed by atoms with Gasteiger partial charge >= 0.3 is 6.18 Å². The van der Waals surface area contributed by atoms with E-state index in [9.17, 15) is 31.1 Å². The van der Waals surface area contributed by atoms with Crippen LogP contribution >= 0.6 is 0 Å². The van der Waals surface area contributed by atoms with Crippen LogP contribution in [0.15, 0.2) is 24.3 Å². The molecule has 2 N–H and O–H groups in total. The van der Waals surface area contributed by atoms with Crippen LogP contribution in [0.1, 0.15) is 50.1 Å². The van der Waals surface area contributed by atoms with Crippen molar-refractivity contribution in [1.82, 2.24) is 10.6 Å². The van der Waals surface area contributed by atoms with E-state index < -0.39 is 48.7 Å². The van der Waals surface area contributed by atoms with Crippen LogP contribution in [0.25, 0.3) is 0 Å². The molecule has 3 rings (SSSR count). The van der Waals surface area contributed by atoms with Gasteiger partial charge in [-0.15, -0.1) is 0 Å². The van der Waals surface area contributed by atoms with E-state index in [1.807, 2.05) is 0 Å². The summed E-state index contributed by atoms with van der Waals surface area (Å²) in [5, 5.41) is 4.57. The first kappa shape index (κ1) is 21.0. The van der Waals surface area contributed by atoms with Crippen LogP contribution in [0.3, 0.4) is 0 Å². The number of halogens is 6. The van der Waals surface area contributed by atoms with Gasteiger partial charge in [0, 0.05) is 18.9 Å². The first-order valence-corrected chi connectivity index (χ1v) is 9.30. The summed E-state index contributed by atoms with van der Waals surface area (Å²) in [6.45, 7) is 0. The molecule has 0 aromatic heterocycles. The van der Waals surface area contributed by atoms with Crippen molar-refractivity contribution in [2.75, 3.05) is 0 Å². The zero-order chi connectivity index (χ0) is 20.5. The average Bonchev–Trinajstić information content (AvgIpc) is 3.48. The fourth-order valence-electron chi connectivity index (χ4n) is 3.12. The number of rotatable bonds is 9. The van der Waals surface area contributed by atoms with Gasteiger partial charge in [-0.25, -0.2) is 13.2 Å². The summed E-state index contributed by atoms with van der Waals surface area (Å²) < 4.78 is 82.5. The van der Waals surface area contributed by atoms with Crippen molar-refractivity contribution in [1.29, 1.82) is 0 Å². The van der Waals surface area contributed by atoms with Crippen molar-refractivity contribution < 1.29 is 31.1 Å². The Balaban J connectivity index is 1.79. The molecular weight excluding hydrogens is 386 g/mol. The minimum Gasteiger partial charge on any atom is -0.352 e. The van der Waals surface area contributed by atoms with Gasteiger partial charge in [0.1, 0.15) is 11.9 Å². The highest BCUT2D eigenvalue weighted by molar-refractivity contribution is 5.82. The Morgan fingerprint density at radius 2 is 1.64 bits per heavy atom. The fourth-order valence-corrected chi connectivity index (χ4v) is 3.12. The molecule has 0 heterocycles. The van der Waals surface area contributed by atoms with E-state index in [4.69, 9.17) is 0 Å². The summed E-state index contributed by atoms with van der Waals surface area (Å²) in [6.07, 6.45) is -3.60. The highest BCUT2D eigenvalue weighted by atomic mass is 19.4. The van der Waals surface area contributed by atoms with Crippen molar-refractivity contribution in [3.05, 3.63) is 35.6 Å². The first-order valence-electron chi connectivity index (χ1n) is 9.30. The maximum Gasteiger partial charge on any atom is 0.407 e. The van der Waals surface area contributed by atoms with Gasteiger partial charge in [-0.05, 0) is 49.3 Å². The Kier molecular flexibility index (Phi) is 5.93. The standard InChI is InChI=1S/C19H22F6N2O/c20-13-5-3-12(4-6-13)16(19(23,24)25)27-15(17(28)26-14-7-8-14)10-18(21,22)9-11-1-2-11/h3-6,11,14-16,27H,1-2,7-10H2,(H,26,28). The van der Waals surface area contributed by atoms with Crippen molar-refractivity contribution in [3.63, 3.8) is 0 Å². The highest BCUT2D eigenvalue weighted by Crippen LogP contribution is 2.41. The number of alkyl halides is 5. The van der Waals surface area contributed by atoms with Crippen molar-refractivity contribution in [2.45, 2.75) is 68.7 Å². The summed E-state index contributed by atoms with van der Waals surface area (Å²) in [6, 6.07) is -0.681. The molecule has 3 nitrogen and oxygen atoms in total. The van der Waals surface area contributed by atoms with Gasteiger partial charge < -0.3 is 5.32 Å². The van der Waals surface area contributed by atoms with Gasteiger partial charge in [-0.3, -0.25) is 10.1 Å². The Bertz CT molecular complexity index is 683. The normalized spacial score (nSPS) is 19.9. The molecule has 2 aliphatic carbocycles. The quantitative estimate of drug-likeness (QED) is 0.591. The second-order valence-electron chi connectivity index (χ2n) is 7.74. The van der Waals surface area contributed by atoms with Crippen LogP contribution in [0.2, 0.25) is 0 Å². The Hall–Kier alpha value is -1.77. The predicted molar refractivity (Wildman–Crippen MR) is 90.2 cm³/mol. The maximum atomic E-state index is 14.3. The molecule has 0 saturated heterocycles. The molecule has 0 aliphatic heterocycles. The number of hydrogen-bond donors (Lipinski definition) is 2. The highest BCUT2D eigenvalue weighted by Gasteiger charge is 2.46. The second-order valence-corrected chi connectivity index (χ2v) is 7.74. The molecule has 2 unspecified atom stereocenters. The van der Waals surface area contributed by atoms with Crippen molar-refractivity contribution in [3.8, 4) is 0 Å². The SMILES string of the molecule is O=C(NC1CC1)C(CC(F)(F)CC1CC1)NC(c1ccc(F)cc1)C(F)(F)F. The fraction of sp³-hybridized carbons (Fsp3) is 0.632. The number of carbonyl (C=O) groups is 1. The number of hydrogen-bond acceptors (Lipinski definition) is 2. The van der Waals surface area contributed by atoms with E-state index in [1.54, 1.807) is 0 Å². The lowest BCUT2D eigenvalue weighted by atomic mass is 9.99. The zero-order valence-corrected chi connectivity index (χ0v) is 15.0. The second kappa shape index (κ2) is 7.93. The van der Waals surface area contributed by atoms with E-state index >= 15 is 0 Å². The van der Waals surface area contributed by atoms with Gasteiger partial charge in [-0.2, -0.15) is 13.2 Å². The number of benzene rings is 1. The lowest BCUT2D eigenvalue weighted by Crippen LogP contribution is -2.51. The van der Waals surface area contributed by atoms with Crippen LogP contribution < -0.4 is 10.6 Å². The third-order valence-electron chi connectivity index (χ3n) is 4.93. The summed E-state index contributed by atoms with van der Waals surface area (Å²) in [7, 11) is 0. The predicted octanol–water partition coefficient (Wildman–Crippen LogP) is 4.49. The molecular formula is C19H22F6N2O. The van der Waals surface area contributed by atoms with Crippen LogP contribution in [-0.4, -0.2) is 30.1 Å². The summed E-state index contributed by atoms with van der Waals surface area (Å²) in [5.74, 6) is -4.98. The Morgan fingerprint density at radius 1 is 1.04 bits per heavy atom. The van der Waals surface area contributed by atoms with E-state index in [2.05, 4.69) is 10.6 Å². The molecule has 2 fully saturated rings. The summed E-state index contributed by atoms with van der Waals surface area (Å²) in [5.41, 5.74) is -0.344. The van der Waals surface area contributed by atoms with Crippen LogP contribution in [0.4, 0.5) is 26.3 Å². The number of carbonyl (C=O) groups excluding carboxylic acids is 1. The summed E-state index contributed by atoms with van der Waals surface area (Å²) in [4.78, 5) is 12.4. The Morgan fingerprint density at radius 3 is 2.14 bits per heavy atom. The third-order valence-corrected chi connectivity index (χ3v) is 4.93. The molecule has 2 aliphatic rings. The van der Waals surface area contributed by atoms with E-state index in [0.29, 0.717) is 25.7 Å². The minimum atomic E-state index is -4.85. The van der Waals surface area contributed by atoms with Crippen molar-refractivity contribution >= 4 is 5.91 Å². The van der Waals surface area contributed by atoms with Gasteiger partial charge in [0.15, 0.2) is 0 Å². The third kappa shape index (κ3) is 6.12. The van der Waals surface area contributed by atoms with Gasteiger partial charge in [0.25, 0.3) is 0 Å². The van der Waals surface area contributed by atoms with Crippen LogP contribution in [0.5, 0.6) is 0 Å². The molecule has 0 radical (unpaired) electrons.